The van der Waals surface area contributed by atoms with Gasteiger partial charge in [0, 0.05) is 18.7 Å². The molecule has 0 aromatic heterocycles. The van der Waals surface area contributed by atoms with Crippen LogP contribution < -0.4 is 24.3 Å². The molecule has 0 bridgehead atoms. The fraction of sp³-hybridized carbons (Fsp3) is 0.200. The van der Waals surface area contributed by atoms with Gasteiger partial charge in [0.2, 0.25) is 11.7 Å². The first-order chi connectivity index (χ1) is 13.0. The third-order valence-electron chi connectivity index (χ3n) is 3.49. The Morgan fingerprint density at radius 2 is 1.52 bits per heavy atom. The molecular weight excluding hydrogens is 350 g/mol. The van der Waals surface area contributed by atoms with Crippen molar-refractivity contribution in [1.82, 2.24) is 0 Å². The fourth-order valence-corrected chi connectivity index (χ4v) is 2.32. The van der Waals surface area contributed by atoms with E-state index in [9.17, 15) is 9.59 Å². The summed E-state index contributed by atoms with van der Waals surface area (Å²) >= 11 is 0. The summed E-state index contributed by atoms with van der Waals surface area (Å²) in [5.41, 5.74) is 1.30. The van der Waals surface area contributed by atoms with E-state index in [2.05, 4.69) is 5.32 Å². The van der Waals surface area contributed by atoms with Gasteiger partial charge >= 0.3 is 5.97 Å². The largest absolute Gasteiger partial charge is 0.493 e. The van der Waals surface area contributed by atoms with Gasteiger partial charge in [0.05, 0.1) is 21.3 Å². The molecule has 1 N–H and O–H groups in total. The van der Waals surface area contributed by atoms with Gasteiger partial charge in [0.15, 0.2) is 11.5 Å². The fourth-order valence-electron chi connectivity index (χ4n) is 2.32. The molecule has 2 aromatic carbocycles. The van der Waals surface area contributed by atoms with Crippen LogP contribution in [0.15, 0.2) is 42.5 Å². The lowest BCUT2D eigenvalue weighted by molar-refractivity contribution is -0.128. The highest BCUT2D eigenvalue weighted by Gasteiger charge is 2.12. The van der Waals surface area contributed by atoms with Crippen molar-refractivity contribution in [1.29, 1.82) is 0 Å². The van der Waals surface area contributed by atoms with Crippen LogP contribution in [0.1, 0.15) is 12.5 Å². The molecule has 0 saturated carbocycles. The minimum atomic E-state index is -0.545. The Kier molecular flexibility index (Phi) is 6.82. The predicted octanol–water partition coefficient (Wildman–Crippen LogP) is 3.29. The van der Waals surface area contributed by atoms with Crippen molar-refractivity contribution < 1.29 is 28.5 Å². The van der Waals surface area contributed by atoms with E-state index in [-0.39, 0.29) is 5.91 Å². The Hall–Kier alpha value is -3.48. The molecule has 27 heavy (non-hydrogen) atoms. The summed E-state index contributed by atoms with van der Waals surface area (Å²) in [6, 6.07) is 9.91. The van der Waals surface area contributed by atoms with Gasteiger partial charge < -0.3 is 24.3 Å². The first kappa shape index (κ1) is 19.8. The SMILES string of the molecule is COc1cc(/C=C/C(=O)Oc2ccc(NC(C)=O)cc2)cc(OC)c1OC. The molecule has 0 spiro atoms. The summed E-state index contributed by atoms with van der Waals surface area (Å²) in [5.74, 6) is 1.09. The van der Waals surface area contributed by atoms with Crippen LogP contribution in [0, 0.1) is 0 Å². The van der Waals surface area contributed by atoms with Gasteiger partial charge in [-0.05, 0) is 48.0 Å². The predicted molar refractivity (Wildman–Crippen MR) is 102 cm³/mol. The van der Waals surface area contributed by atoms with E-state index >= 15 is 0 Å². The topological polar surface area (TPSA) is 83.1 Å². The van der Waals surface area contributed by atoms with Gasteiger partial charge in [0.25, 0.3) is 0 Å². The maximum Gasteiger partial charge on any atom is 0.336 e. The van der Waals surface area contributed by atoms with Gasteiger partial charge in [-0.25, -0.2) is 4.79 Å². The number of amides is 1. The molecule has 142 valence electrons. The number of benzene rings is 2. The first-order valence-corrected chi connectivity index (χ1v) is 8.04. The smallest absolute Gasteiger partial charge is 0.336 e. The molecule has 0 radical (unpaired) electrons. The molecular formula is C20H21NO6. The third kappa shape index (κ3) is 5.50. The number of hydrogen-bond acceptors (Lipinski definition) is 6. The molecule has 1 amide bonds. The van der Waals surface area contributed by atoms with E-state index in [0.717, 1.165) is 0 Å². The zero-order valence-corrected chi connectivity index (χ0v) is 15.6. The van der Waals surface area contributed by atoms with Crippen molar-refractivity contribution in [3.8, 4) is 23.0 Å². The lowest BCUT2D eigenvalue weighted by atomic mass is 10.1. The molecule has 0 aliphatic carbocycles. The third-order valence-corrected chi connectivity index (χ3v) is 3.49. The molecule has 0 aliphatic rings. The van der Waals surface area contributed by atoms with E-state index in [1.54, 1.807) is 42.5 Å². The van der Waals surface area contributed by atoms with Gasteiger partial charge in [-0.2, -0.15) is 0 Å². The van der Waals surface area contributed by atoms with Gasteiger partial charge in [0.1, 0.15) is 5.75 Å². The van der Waals surface area contributed by atoms with Crippen molar-refractivity contribution >= 4 is 23.6 Å². The van der Waals surface area contributed by atoms with E-state index < -0.39 is 5.97 Å². The monoisotopic (exact) mass is 371 g/mol. The zero-order chi connectivity index (χ0) is 19.8. The maximum atomic E-state index is 12.0. The molecule has 0 saturated heterocycles. The summed E-state index contributed by atoms with van der Waals surface area (Å²) in [6.07, 6.45) is 2.88. The number of anilines is 1. The molecule has 0 atom stereocenters. The van der Waals surface area contributed by atoms with Gasteiger partial charge in [-0.1, -0.05) is 0 Å². The molecule has 0 fully saturated rings. The average Bonchev–Trinajstić information content (AvgIpc) is 2.66. The van der Waals surface area contributed by atoms with Crippen LogP contribution in [0.25, 0.3) is 6.08 Å². The van der Waals surface area contributed by atoms with E-state index in [0.29, 0.717) is 34.2 Å². The highest BCUT2D eigenvalue weighted by Crippen LogP contribution is 2.38. The summed E-state index contributed by atoms with van der Waals surface area (Å²) in [6.45, 7) is 1.42. The first-order valence-electron chi connectivity index (χ1n) is 8.04. The van der Waals surface area contributed by atoms with Crippen LogP contribution in [0.2, 0.25) is 0 Å². The Bertz CT molecular complexity index is 817. The summed E-state index contributed by atoms with van der Waals surface area (Å²) in [4.78, 5) is 23.0. The Morgan fingerprint density at radius 3 is 2.00 bits per heavy atom. The van der Waals surface area contributed by atoms with Crippen LogP contribution in [-0.4, -0.2) is 33.2 Å². The number of ether oxygens (including phenoxy) is 4. The van der Waals surface area contributed by atoms with Crippen LogP contribution in [0.5, 0.6) is 23.0 Å². The Labute approximate surface area is 157 Å². The number of methoxy groups -OCH3 is 3. The van der Waals surface area contributed by atoms with Crippen LogP contribution in [0.3, 0.4) is 0 Å². The summed E-state index contributed by atoms with van der Waals surface area (Å²) in [5, 5.41) is 2.64. The lowest BCUT2D eigenvalue weighted by Crippen LogP contribution is -2.06. The number of rotatable bonds is 7. The van der Waals surface area contributed by atoms with E-state index in [1.807, 2.05) is 0 Å². The Balaban J connectivity index is 2.09. The summed E-state index contributed by atoms with van der Waals surface area (Å²) < 4.78 is 21.0. The minimum absolute atomic E-state index is 0.173. The standard InChI is InChI=1S/C20H21NO6/c1-13(22)21-15-6-8-16(9-7-15)27-19(23)10-5-14-11-17(24-2)20(26-4)18(12-14)25-3/h5-12H,1-4H3,(H,21,22)/b10-5+. The van der Waals surface area contributed by atoms with Crippen molar-refractivity contribution in [3.05, 3.63) is 48.0 Å². The maximum absolute atomic E-state index is 12.0. The van der Waals surface area contributed by atoms with E-state index in [1.165, 1.54) is 34.3 Å². The second-order valence-corrected chi connectivity index (χ2v) is 5.42. The van der Waals surface area contributed by atoms with Crippen LogP contribution >= 0.6 is 0 Å². The molecule has 2 rings (SSSR count). The second-order valence-electron chi connectivity index (χ2n) is 5.42. The van der Waals surface area contributed by atoms with E-state index in [4.69, 9.17) is 18.9 Å². The number of nitrogens with one attached hydrogen (secondary N) is 1. The van der Waals surface area contributed by atoms with Gasteiger partial charge in [-0.15, -0.1) is 0 Å². The van der Waals surface area contributed by atoms with Crippen LogP contribution in [0.4, 0.5) is 5.69 Å². The highest BCUT2D eigenvalue weighted by atomic mass is 16.5. The van der Waals surface area contributed by atoms with Gasteiger partial charge in [-0.3, -0.25) is 4.79 Å². The Morgan fingerprint density at radius 1 is 0.926 bits per heavy atom. The molecule has 7 nitrogen and oxygen atoms in total. The normalized spacial score (nSPS) is 10.4. The molecule has 0 heterocycles. The van der Waals surface area contributed by atoms with Crippen molar-refractivity contribution in [3.63, 3.8) is 0 Å². The number of esters is 1. The molecule has 0 aliphatic heterocycles. The lowest BCUT2D eigenvalue weighted by Gasteiger charge is -2.12. The zero-order valence-electron chi connectivity index (χ0n) is 15.6. The molecule has 2 aromatic rings. The van der Waals surface area contributed by atoms with Crippen LogP contribution in [-0.2, 0) is 9.59 Å². The minimum Gasteiger partial charge on any atom is -0.493 e. The summed E-state index contributed by atoms with van der Waals surface area (Å²) in [7, 11) is 4.55. The number of carbonyl (C=O) groups is 2. The quantitative estimate of drug-likeness (QED) is 0.457. The molecule has 0 unspecified atom stereocenters. The van der Waals surface area contributed by atoms with Crippen molar-refractivity contribution in [2.24, 2.45) is 0 Å². The second kappa shape index (κ2) is 9.28. The number of carbonyl (C=O) groups excluding carboxylic acids is 2. The average molecular weight is 371 g/mol. The highest BCUT2D eigenvalue weighted by molar-refractivity contribution is 5.90. The number of hydrogen-bond donors (Lipinski definition) is 1. The van der Waals surface area contributed by atoms with Crippen molar-refractivity contribution in [2.75, 3.05) is 26.6 Å². The van der Waals surface area contributed by atoms with Crippen molar-refractivity contribution in [2.45, 2.75) is 6.92 Å². The molecule has 7 heteroatoms.